The van der Waals surface area contributed by atoms with Gasteiger partial charge in [-0.3, -0.25) is 9.05 Å². The van der Waals surface area contributed by atoms with Gasteiger partial charge in [-0.05, 0) is 23.0 Å². The topological polar surface area (TPSA) is 42.5 Å². The predicted molar refractivity (Wildman–Crippen MR) is 112 cm³/mol. The molecule has 2 atom stereocenters. The zero-order chi connectivity index (χ0) is 19.4. The minimum Gasteiger partial charge on any atom is -0.272 e. The average Bonchev–Trinajstić information content (AvgIpc) is 2.58. The molecule has 27 heavy (non-hydrogen) atoms. The first-order valence-corrected chi connectivity index (χ1v) is 11.2. The number of rotatable bonds is 0. The maximum absolute atomic E-state index is 6.53. The summed E-state index contributed by atoms with van der Waals surface area (Å²) in [5, 5.41) is 7.53. The Morgan fingerprint density at radius 2 is 1.04 bits per heavy atom. The van der Waals surface area contributed by atoms with Crippen molar-refractivity contribution in [1.82, 2.24) is 10.2 Å². The number of fused-ring (bicyclic) bond motifs is 2. The fourth-order valence-corrected chi connectivity index (χ4v) is 6.78. The molecule has 2 aliphatic rings. The lowest BCUT2D eigenvalue weighted by atomic mass is 9.82. The molecule has 0 amide bonds. The average molecular weight is 385 g/mol. The standard InChI is InChI=1S/C22H30N2O2P/c1-21(2,3)19-15-11-7-9-13-17(15)25-27(23-19)24-20(22(4,5)6)16-12-8-10-14-18(16)26-27/h7-14,19-20,23-24H,1-6H3/q+1. The van der Waals surface area contributed by atoms with Crippen LogP contribution in [0.3, 0.4) is 0 Å². The maximum Gasteiger partial charge on any atom is 0.519 e. The van der Waals surface area contributed by atoms with E-state index in [1.807, 2.05) is 24.3 Å². The van der Waals surface area contributed by atoms with Crippen LogP contribution < -0.4 is 19.2 Å². The van der Waals surface area contributed by atoms with Crippen molar-refractivity contribution in [3.63, 3.8) is 0 Å². The molecule has 0 aliphatic carbocycles. The van der Waals surface area contributed by atoms with Crippen molar-refractivity contribution < 1.29 is 9.05 Å². The molecule has 0 saturated heterocycles. The van der Waals surface area contributed by atoms with Gasteiger partial charge in [0.1, 0.15) is 0 Å². The van der Waals surface area contributed by atoms with E-state index in [4.69, 9.17) is 9.05 Å². The Morgan fingerprint density at radius 1 is 0.667 bits per heavy atom. The van der Waals surface area contributed by atoms with Gasteiger partial charge in [-0.2, -0.15) is 0 Å². The minimum absolute atomic E-state index is 0.0200. The second-order valence-electron chi connectivity index (χ2n) is 9.67. The number of hydrogen-bond acceptors (Lipinski definition) is 4. The second-order valence-corrected chi connectivity index (χ2v) is 11.7. The van der Waals surface area contributed by atoms with E-state index in [0.29, 0.717) is 0 Å². The van der Waals surface area contributed by atoms with Crippen molar-refractivity contribution in [3.05, 3.63) is 59.7 Å². The van der Waals surface area contributed by atoms with Crippen molar-refractivity contribution >= 4 is 8.02 Å². The second kappa shape index (κ2) is 6.20. The van der Waals surface area contributed by atoms with Crippen LogP contribution in [0.4, 0.5) is 0 Å². The first-order valence-electron chi connectivity index (χ1n) is 9.61. The van der Waals surface area contributed by atoms with E-state index < -0.39 is 8.02 Å². The molecule has 0 aromatic heterocycles. The molecule has 2 aliphatic heterocycles. The molecular weight excluding hydrogens is 355 g/mol. The van der Waals surface area contributed by atoms with E-state index >= 15 is 0 Å². The fourth-order valence-electron chi connectivity index (χ4n) is 3.84. The first kappa shape index (κ1) is 18.7. The SMILES string of the molecule is CC(C)(C)C1N[P+]2(NC(C(C)(C)C)c3ccccc3O2)Oc2ccccc21. The van der Waals surface area contributed by atoms with Crippen LogP contribution in [0.5, 0.6) is 11.5 Å². The third-order valence-corrected chi connectivity index (χ3v) is 7.35. The molecule has 2 aromatic rings. The van der Waals surface area contributed by atoms with Crippen LogP contribution >= 0.6 is 8.02 Å². The van der Waals surface area contributed by atoms with Gasteiger partial charge in [0.25, 0.3) is 0 Å². The predicted octanol–water partition coefficient (Wildman–Crippen LogP) is 6.20. The summed E-state index contributed by atoms with van der Waals surface area (Å²) in [7, 11) is -2.55. The zero-order valence-electron chi connectivity index (χ0n) is 17.0. The molecule has 0 saturated carbocycles. The lowest BCUT2D eigenvalue weighted by Gasteiger charge is -2.44. The Balaban J connectivity index is 1.82. The van der Waals surface area contributed by atoms with Gasteiger partial charge < -0.3 is 0 Å². The van der Waals surface area contributed by atoms with E-state index in [-0.39, 0.29) is 22.9 Å². The van der Waals surface area contributed by atoms with Gasteiger partial charge in [0.2, 0.25) is 0 Å². The van der Waals surface area contributed by atoms with Crippen LogP contribution in [0, 0.1) is 10.8 Å². The van der Waals surface area contributed by atoms with E-state index in [2.05, 4.69) is 76.0 Å². The van der Waals surface area contributed by atoms with Crippen LogP contribution in [0.15, 0.2) is 48.5 Å². The van der Waals surface area contributed by atoms with E-state index in [9.17, 15) is 0 Å². The smallest absolute Gasteiger partial charge is 0.272 e. The largest absolute Gasteiger partial charge is 0.519 e. The summed E-state index contributed by atoms with van der Waals surface area (Å²) in [5.41, 5.74) is 2.41. The summed E-state index contributed by atoms with van der Waals surface area (Å²) in [4.78, 5) is 0. The molecule has 2 unspecified atom stereocenters. The number of benzene rings is 2. The van der Waals surface area contributed by atoms with Crippen LogP contribution in [0.1, 0.15) is 64.8 Å². The van der Waals surface area contributed by atoms with E-state index in [0.717, 1.165) is 11.5 Å². The fraction of sp³-hybridized carbons (Fsp3) is 0.455. The Bertz CT molecular complexity index is 782. The molecule has 2 N–H and O–H groups in total. The highest BCUT2D eigenvalue weighted by molar-refractivity contribution is 7.63. The van der Waals surface area contributed by atoms with Gasteiger partial charge >= 0.3 is 8.02 Å². The van der Waals surface area contributed by atoms with Crippen LogP contribution in [-0.4, -0.2) is 0 Å². The van der Waals surface area contributed by atoms with Crippen molar-refractivity contribution in [2.75, 3.05) is 0 Å². The Morgan fingerprint density at radius 3 is 1.41 bits per heavy atom. The van der Waals surface area contributed by atoms with Gasteiger partial charge in [-0.1, -0.05) is 77.9 Å². The summed E-state index contributed by atoms with van der Waals surface area (Å²) in [5.74, 6) is 1.81. The molecule has 0 fully saturated rings. The number of para-hydroxylation sites is 2. The Labute approximate surface area is 163 Å². The summed E-state index contributed by atoms with van der Waals surface area (Å²) < 4.78 is 13.1. The summed E-state index contributed by atoms with van der Waals surface area (Å²) in [6, 6.07) is 16.9. The molecular formula is C22H30N2O2P+. The molecule has 4 nitrogen and oxygen atoms in total. The molecule has 2 heterocycles. The van der Waals surface area contributed by atoms with Crippen molar-refractivity contribution in [2.45, 2.75) is 53.6 Å². The van der Waals surface area contributed by atoms with Crippen LogP contribution in [0.2, 0.25) is 0 Å². The lowest BCUT2D eigenvalue weighted by Crippen LogP contribution is -2.49. The summed E-state index contributed by atoms with van der Waals surface area (Å²) in [6.07, 6.45) is 0. The van der Waals surface area contributed by atoms with E-state index in [1.54, 1.807) is 0 Å². The molecule has 5 heteroatoms. The lowest BCUT2D eigenvalue weighted by molar-refractivity contribution is 0.233. The minimum atomic E-state index is -2.55. The van der Waals surface area contributed by atoms with Gasteiger partial charge in [-0.25, -0.2) is 0 Å². The Hall–Kier alpha value is -1.61. The normalized spacial score (nSPS) is 27.3. The quantitative estimate of drug-likeness (QED) is 0.530. The highest BCUT2D eigenvalue weighted by atomic mass is 31.2. The molecule has 144 valence electrons. The molecule has 4 rings (SSSR count). The molecule has 1 spiro atoms. The third kappa shape index (κ3) is 3.35. The highest BCUT2D eigenvalue weighted by Crippen LogP contribution is 2.66. The first-order chi connectivity index (χ1) is 12.6. The molecule has 0 bridgehead atoms. The van der Waals surface area contributed by atoms with Crippen molar-refractivity contribution in [2.24, 2.45) is 10.8 Å². The van der Waals surface area contributed by atoms with Crippen molar-refractivity contribution in [1.29, 1.82) is 0 Å². The van der Waals surface area contributed by atoms with Crippen molar-refractivity contribution in [3.8, 4) is 11.5 Å². The van der Waals surface area contributed by atoms with Gasteiger partial charge in [0, 0.05) is 11.1 Å². The van der Waals surface area contributed by atoms with Gasteiger partial charge in [0.05, 0.1) is 12.1 Å². The van der Waals surface area contributed by atoms with Gasteiger partial charge in [-0.15, -0.1) is 10.2 Å². The summed E-state index contributed by atoms with van der Waals surface area (Å²) >= 11 is 0. The maximum atomic E-state index is 6.53. The van der Waals surface area contributed by atoms with E-state index in [1.165, 1.54) is 11.1 Å². The molecule has 2 aromatic carbocycles. The number of nitrogens with one attached hydrogen (secondary N) is 2. The van der Waals surface area contributed by atoms with Gasteiger partial charge in [0.15, 0.2) is 11.5 Å². The third-order valence-electron chi connectivity index (χ3n) is 5.24. The zero-order valence-corrected chi connectivity index (χ0v) is 17.9. The van der Waals surface area contributed by atoms with Crippen LogP contribution in [0.25, 0.3) is 0 Å². The Kier molecular flexibility index (Phi) is 4.30. The molecule has 0 radical (unpaired) electrons. The monoisotopic (exact) mass is 385 g/mol. The van der Waals surface area contributed by atoms with Crippen LogP contribution in [-0.2, 0) is 0 Å². The summed E-state index contributed by atoms with van der Waals surface area (Å²) in [6.45, 7) is 13.5. The number of hydrogen-bond donors (Lipinski definition) is 2. The highest BCUT2D eigenvalue weighted by Gasteiger charge is 2.60.